The molecule has 0 fully saturated rings. The van der Waals surface area contributed by atoms with Crippen LogP contribution in [0.3, 0.4) is 0 Å². The van der Waals surface area contributed by atoms with Crippen LogP contribution in [0.5, 0.6) is 0 Å². The SMILES string of the molecule is O=C(Cc1noc2ccccc12)OCc1cc(-c2cc3ccccc3o2)on1. The molecule has 5 aromatic rings. The van der Waals surface area contributed by atoms with Gasteiger partial charge in [0.25, 0.3) is 0 Å². The molecule has 0 N–H and O–H groups in total. The van der Waals surface area contributed by atoms with Crippen molar-refractivity contribution in [1.82, 2.24) is 10.3 Å². The van der Waals surface area contributed by atoms with E-state index in [1.165, 1.54) is 0 Å². The number of aromatic nitrogens is 2. The Kier molecular flexibility index (Phi) is 3.90. The predicted molar refractivity (Wildman–Crippen MR) is 99.2 cm³/mol. The van der Waals surface area contributed by atoms with Gasteiger partial charge in [0.05, 0.1) is 6.42 Å². The summed E-state index contributed by atoms with van der Waals surface area (Å²) in [4.78, 5) is 12.1. The van der Waals surface area contributed by atoms with Crippen molar-refractivity contribution >= 4 is 27.9 Å². The molecule has 0 spiro atoms. The molecule has 3 aromatic heterocycles. The number of para-hydroxylation sites is 2. The quantitative estimate of drug-likeness (QED) is 0.418. The zero-order chi connectivity index (χ0) is 18.9. The van der Waals surface area contributed by atoms with Gasteiger partial charge in [-0.3, -0.25) is 4.79 Å². The van der Waals surface area contributed by atoms with E-state index in [2.05, 4.69) is 10.3 Å². The van der Waals surface area contributed by atoms with Crippen LogP contribution >= 0.6 is 0 Å². The first kappa shape index (κ1) is 16.3. The van der Waals surface area contributed by atoms with Crippen molar-refractivity contribution in [3.8, 4) is 11.5 Å². The normalized spacial score (nSPS) is 11.3. The number of hydrogen-bond donors (Lipinski definition) is 0. The summed E-state index contributed by atoms with van der Waals surface area (Å²) in [5, 5.41) is 9.64. The number of esters is 1. The summed E-state index contributed by atoms with van der Waals surface area (Å²) in [6.07, 6.45) is 0.0191. The molecule has 0 bridgehead atoms. The molecule has 2 aromatic carbocycles. The van der Waals surface area contributed by atoms with E-state index in [4.69, 9.17) is 18.2 Å². The lowest BCUT2D eigenvalue weighted by Crippen LogP contribution is -2.08. The molecule has 0 aliphatic rings. The number of ether oxygens (including phenoxy) is 1. The summed E-state index contributed by atoms with van der Waals surface area (Å²) in [5.41, 5.74) is 2.44. The van der Waals surface area contributed by atoms with Crippen LogP contribution in [-0.2, 0) is 22.6 Å². The fourth-order valence-electron chi connectivity index (χ4n) is 3.01. The molecule has 0 unspecified atom stereocenters. The second-order valence-electron chi connectivity index (χ2n) is 6.29. The van der Waals surface area contributed by atoms with Gasteiger partial charge in [0, 0.05) is 16.8 Å². The number of rotatable bonds is 5. The molecule has 5 rings (SSSR count). The average molecular weight is 374 g/mol. The minimum Gasteiger partial charge on any atom is -0.459 e. The number of nitrogens with zero attached hydrogens (tertiary/aromatic N) is 2. The van der Waals surface area contributed by atoms with Gasteiger partial charge in [-0.15, -0.1) is 0 Å². The maximum absolute atomic E-state index is 12.1. The summed E-state index contributed by atoms with van der Waals surface area (Å²) in [6, 6.07) is 18.6. The van der Waals surface area contributed by atoms with Gasteiger partial charge in [0.2, 0.25) is 5.76 Å². The Hall–Kier alpha value is -3.87. The van der Waals surface area contributed by atoms with Crippen LogP contribution in [0.2, 0.25) is 0 Å². The van der Waals surface area contributed by atoms with Gasteiger partial charge < -0.3 is 18.2 Å². The van der Waals surface area contributed by atoms with Crippen molar-refractivity contribution in [2.45, 2.75) is 13.0 Å². The number of fused-ring (bicyclic) bond motifs is 2. The lowest BCUT2D eigenvalue weighted by Gasteiger charge is -2.00. The number of benzene rings is 2. The van der Waals surface area contributed by atoms with Crippen molar-refractivity contribution in [3.05, 3.63) is 72.1 Å². The van der Waals surface area contributed by atoms with Crippen molar-refractivity contribution in [1.29, 1.82) is 0 Å². The Bertz CT molecular complexity index is 1250. The number of carbonyl (C=O) groups is 1. The lowest BCUT2D eigenvalue weighted by atomic mass is 10.2. The molecule has 0 saturated heterocycles. The molecule has 7 heteroatoms. The number of carbonyl (C=O) groups excluding carboxylic acids is 1. The van der Waals surface area contributed by atoms with Crippen LogP contribution in [0, 0.1) is 0 Å². The highest BCUT2D eigenvalue weighted by molar-refractivity contribution is 5.84. The second-order valence-corrected chi connectivity index (χ2v) is 6.29. The average Bonchev–Trinajstić information content (AvgIpc) is 3.44. The summed E-state index contributed by atoms with van der Waals surface area (Å²) in [7, 11) is 0. The van der Waals surface area contributed by atoms with Crippen LogP contribution in [0.15, 0.2) is 74.1 Å². The van der Waals surface area contributed by atoms with E-state index in [9.17, 15) is 4.79 Å². The third-order valence-electron chi connectivity index (χ3n) is 4.37. The topological polar surface area (TPSA) is 91.5 Å². The van der Waals surface area contributed by atoms with Crippen LogP contribution in [-0.4, -0.2) is 16.3 Å². The fourth-order valence-corrected chi connectivity index (χ4v) is 3.01. The maximum atomic E-state index is 12.1. The molecule has 0 aliphatic heterocycles. The molecule has 138 valence electrons. The van der Waals surface area contributed by atoms with Crippen LogP contribution in [0.4, 0.5) is 0 Å². The Labute approximate surface area is 158 Å². The predicted octanol–water partition coefficient (Wildman–Crippen LogP) is 4.51. The molecule has 0 radical (unpaired) electrons. The van der Waals surface area contributed by atoms with E-state index < -0.39 is 5.97 Å². The largest absolute Gasteiger partial charge is 0.459 e. The van der Waals surface area contributed by atoms with Gasteiger partial charge in [-0.1, -0.05) is 40.6 Å². The standard InChI is InChI=1S/C21H14N2O5/c24-21(11-16-15-6-2-4-8-18(15)27-23-16)25-12-14-10-20(28-22-14)19-9-13-5-1-3-7-17(13)26-19/h1-10H,11-12H2. The first-order valence-electron chi connectivity index (χ1n) is 8.70. The molecule has 0 amide bonds. The van der Waals surface area contributed by atoms with E-state index in [0.717, 1.165) is 16.4 Å². The van der Waals surface area contributed by atoms with Gasteiger partial charge in [-0.2, -0.15) is 0 Å². The van der Waals surface area contributed by atoms with Crippen molar-refractivity contribution in [2.75, 3.05) is 0 Å². The molecular formula is C21H14N2O5. The van der Waals surface area contributed by atoms with E-state index in [1.54, 1.807) is 12.1 Å². The first-order chi connectivity index (χ1) is 13.8. The van der Waals surface area contributed by atoms with Crippen LogP contribution < -0.4 is 0 Å². The fraction of sp³-hybridized carbons (Fsp3) is 0.0952. The Morgan fingerprint density at radius 2 is 1.71 bits per heavy atom. The molecule has 28 heavy (non-hydrogen) atoms. The summed E-state index contributed by atoms with van der Waals surface area (Å²) in [6.45, 7) is -0.00164. The number of furan rings is 1. The Balaban J connectivity index is 1.25. The van der Waals surface area contributed by atoms with E-state index in [0.29, 0.717) is 28.5 Å². The third kappa shape index (κ3) is 3.03. The highest BCUT2D eigenvalue weighted by atomic mass is 16.5. The van der Waals surface area contributed by atoms with Crippen LogP contribution in [0.1, 0.15) is 11.4 Å². The third-order valence-corrected chi connectivity index (χ3v) is 4.37. The molecule has 0 aliphatic carbocycles. The van der Waals surface area contributed by atoms with Gasteiger partial charge in [0.15, 0.2) is 11.3 Å². The summed E-state index contributed by atoms with van der Waals surface area (Å²) < 4.78 is 21.5. The van der Waals surface area contributed by atoms with E-state index in [1.807, 2.05) is 48.5 Å². The molecule has 0 atom stereocenters. The Morgan fingerprint density at radius 3 is 2.61 bits per heavy atom. The highest BCUT2D eigenvalue weighted by Gasteiger charge is 2.16. The maximum Gasteiger partial charge on any atom is 0.312 e. The zero-order valence-electron chi connectivity index (χ0n) is 14.6. The summed E-state index contributed by atoms with van der Waals surface area (Å²) in [5.74, 6) is 0.623. The van der Waals surface area contributed by atoms with Crippen molar-refractivity contribution < 1.29 is 23.0 Å². The van der Waals surface area contributed by atoms with Crippen molar-refractivity contribution in [3.63, 3.8) is 0 Å². The summed E-state index contributed by atoms with van der Waals surface area (Å²) >= 11 is 0. The van der Waals surface area contributed by atoms with Gasteiger partial charge in [0.1, 0.15) is 23.6 Å². The monoisotopic (exact) mass is 374 g/mol. The molecular weight excluding hydrogens is 360 g/mol. The Morgan fingerprint density at radius 1 is 0.893 bits per heavy atom. The van der Waals surface area contributed by atoms with Crippen molar-refractivity contribution in [2.24, 2.45) is 0 Å². The van der Waals surface area contributed by atoms with E-state index >= 15 is 0 Å². The highest BCUT2D eigenvalue weighted by Crippen LogP contribution is 2.28. The molecule has 3 heterocycles. The smallest absolute Gasteiger partial charge is 0.312 e. The lowest BCUT2D eigenvalue weighted by molar-refractivity contribution is -0.144. The van der Waals surface area contributed by atoms with E-state index in [-0.39, 0.29) is 13.0 Å². The minimum absolute atomic E-state index is 0.00164. The molecule has 0 saturated carbocycles. The molecule has 7 nitrogen and oxygen atoms in total. The van der Waals surface area contributed by atoms with Gasteiger partial charge >= 0.3 is 5.97 Å². The zero-order valence-corrected chi connectivity index (χ0v) is 14.6. The second kappa shape index (κ2) is 6.70. The van der Waals surface area contributed by atoms with Crippen LogP contribution in [0.25, 0.3) is 33.5 Å². The van der Waals surface area contributed by atoms with Gasteiger partial charge in [-0.05, 0) is 24.3 Å². The first-order valence-corrected chi connectivity index (χ1v) is 8.70. The minimum atomic E-state index is -0.424. The number of hydrogen-bond acceptors (Lipinski definition) is 7. The van der Waals surface area contributed by atoms with Gasteiger partial charge in [-0.25, -0.2) is 0 Å².